The molecule has 0 aliphatic carbocycles. The molecule has 6 rings (SSSR count). The molecule has 0 radical (unpaired) electrons. The van der Waals surface area contributed by atoms with Gasteiger partial charge in [-0.1, -0.05) is 0 Å². The molecule has 4 aromatic rings. The van der Waals surface area contributed by atoms with E-state index in [-0.39, 0.29) is 17.5 Å². The van der Waals surface area contributed by atoms with Crippen molar-refractivity contribution in [2.45, 2.75) is 32.5 Å². The summed E-state index contributed by atoms with van der Waals surface area (Å²) in [5.41, 5.74) is 11.5. The number of rotatable bonds is 1. The van der Waals surface area contributed by atoms with Gasteiger partial charge < -0.3 is 15.8 Å². The molecule has 0 saturated heterocycles. The molecule has 2 aliphatic heterocycles. The Morgan fingerprint density at radius 3 is 2.82 bits per heavy atom. The molecule has 9 nitrogen and oxygen atoms in total. The lowest BCUT2D eigenvalue weighted by Gasteiger charge is -2.22. The first-order chi connectivity index (χ1) is 16.4. The Morgan fingerprint density at radius 1 is 1.21 bits per heavy atom. The van der Waals surface area contributed by atoms with Crippen molar-refractivity contribution in [2.24, 2.45) is 7.05 Å². The molecule has 172 valence electrons. The van der Waals surface area contributed by atoms with Gasteiger partial charge in [-0.2, -0.15) is 10.2 Å². The van der Waals surface area contributed by atoms with Gasteiger partial charge in [-0.15, -0.1) is 0 Å². The lowest BCUT2D eigenvalue weighted by Crippen LogP contribution is -2.22. The van der Waals surface area contributed by atoms with Gasteiger partial charge in [0.15, 0.2) is 17.3 Å². The molecule has 2 atom stereocenters. The second kappa shape index (κ2) is 7.14. The zero-order valence-electron chi connectivity index (χ0n) is 18.8. The summed E-state index contributed by atoms with van der Waals surface area (Å²) in [5, 5.41) is 12.4. The van der Waals surface area contributed by atoms with Crippen molar-refractivity contribution in [2.75, 3.05) is 5.73 Å². The number of halogens is 1. The zero-order chi connectivity index (χ0) is 23.7. The first-order valence-electron chi connectivity index (χ1n) is 11.0. The van der Waals surface area contributed by atoms with Crippen LogP contribution >= 0.6 is 0 Å². The van der Waals surface area contributed by atoms with Crippen LogP contribution < -0.4 is 15.8 Å². The summed E-state index contributed by atoms with van der Waals surface area (Å²) in [7, 11) is 1.82. The number of aryl methyl sites for hydroxylation is 2. The van der Waals surface area contributed by atoms with E-state index in [9.17, 15) is 9.18 Å². The van der Waals surface area contributed by atoms with E-state index in [0.29, 0.717) is 34.8 Å². The molecule has 2 bridgehead atoms. The Bertz CT molecular complexity index is 1490. The highest BCUT2D eigenvalue weighted by Gasteiger charge is 2.40. The van der Waals surface area contributed by atoms with E-state index in [0.717, 1.165) is 22.4 Å². The van der Waals surface area contributed by atoms with Crippen LogP contribution in [0.15, 0.2) is 36.7 Å². The molecule has 10 heteroatoms. The topological polar surface area (TPSA) is 113 Å². The first kappa shape index (κ1) is 20.4. The van der Waals surface area contributed by atoms with Crippen molar-refractivity contribution < 1.29 is 13.9 Å². The predicted molar refractivity (Wildman–Crippen MR) is 122 cm³/mol. The quantitative estimate of drug-likeness (QED) is 0.451. The fourth-order valence-corrected chi connectivity index (χ4v) is 4.90. The molecule has 0 fully saturated rings. The second-order valence-electron chi connectivity index (χ2n) is 8.54. The van der Waals surface area contributed by atoms with Crippen LogP contribution in [0.1, 0.15) is 53.2 Å². The summed E-state index contributed by atoms with van der Waals surface area (Å²) in [5.74, 6) is -0.0603. The van der Waals surface area contributed by atoms with Gasteiger partial charge in [0.05, 0.1) is 17.4 Å². The molecule has 3 aromatic heterocycles. The van der Waals surface area contributed by atoms with Gasteiger partial charge in [0.1, 0.15) is 11.9 Å². The predicted octanol–water partition coefficient (Wildman–Crippen LogP) is 3.37. The summed E-state index contributed by atoms with van der Waals surface area (Å²) < 4.78 is 24.1. The normalized spacial score (nSPS) is 18.2. The van der Waals surface area contributed by atoms with Gasteiger partial charge in [0.25, 0.3) is 5.91 Å². The van der Waals surface area contributed by atoms with Crippen molar-refractivity contribution in [3.63, 3.8) is 0 Å². The number of nitrogens with one attached hydrogen (secondary N) is 1. The Morgan fingerprint density at radius 2 is 2.03 bits per heavy atom. The molecule has 0 spiro atoms. The molecule has 5 heterocycles. The molecular weight excluding hydrogens is 437 g/mol. The summed E-state index contributed by atoms with van der Waals surface area (Å²) in [6.45, 7) is 4.35. The highest BCUT2D eigenvalue weighted by molar-refractivity contribution is 6.00. The van der Waals surface area contributed by atoms with Gasteiger partial charge >= 0.3 is 0 Å². The van der Waals surface area contributed by atoms with E-state index in [4.69, 9.17) is 15.6 Å². The molecular formula is C24H22FN7O2. The molecule has 0 saturated carbocycles. The van der Waals surface area contributed by atoms with E-state index < -0.39 is 12.1 Å². The largest absolute Gasteiger partial charge is 0.482 e. The van der Waals surface area contributed by atoms with Crippen molar-refractivity contribution in [3.8, 4) is 28.3 Å². The molecule has 0 unspecified atom stereocenters. The monoisotopic (exact) mass is 459 g/mol. The minimum absolute atomic E-state index is 0.217. The lowest BCUT2D eigenvalue weighted by molar-refractivity contribution is 0.0954. The summed E-state index contributed by atoms with van der Waals surface area (Å²) in [6.07, 6.45) is 2.97. The minimum atomic E-state index is -0.552. The van der Waals surface area contributed by atoms with E-state index in [1.807, 2.05) is 27.1 Å². The summed E-state index contributed by atoms with van der Waals surface area (Å²) in [6, 6.07) is 5.83. The Kier molecular flexibility index (Phi) is 4.29. The van der Waals surface area contributed by atoms with Crippen LogP contribution in [0.5, 0.6) is 5.75 Å². The van der Waals surface area contributed by atoms with Gasteiger partial charge in [0.2, 0.25) is 0 Å². The maximum Gasteiger partial charge on any atom is 0.272 e. The second-order valence-corrected chi connectivity index (χ2v) is 8.54. The standard InChI is InChI=1S/C24H22FN7O2/c1-4-32-22-12-7-17(23(26)27-9-12)34-11(2)15-8-13(25)5-6-14(15)19-16(10-31(3)29-19)20-18(22)21(30-32)24(33)28-20/h5-11,20H,4H2,1-3H3,(H2,26,27)(H,28,33)/t11-,20-/m1/s1. The van der Waals surface area contributed by atoms with Crippen LogP contribution in [0.2, 0.25) is 0 Å². The number of benzene rings is 1. The highest BCUT2D eigenvalue weighted by atomic mass is 19.1. The molecule has 2 aliphatic rings. The Hall–Kier alpha value is -4.21. The van der Waals surface area contributed by atoms with Gasteiger partial charge in [-0.05, 0) is 38.1 Å². The van der Waals surface area contributed by atoms with E-state index in [1.54, 1.807) is 27.7 Å². The van der Waals surface area contributed by atoms with E-state index in [1.165, 1.54) is 12.1 Å². The number of anilines is 1. The maximum absolute atomic E-state index is 14.4. The fourth-order valence-electron chi connectivity index (χ4n) is 4.90. The van der Waals surface area contributed by atoms with Crippen molar-refractivity contribution in [1.82, 2.24) is 29.9 Å². The Balaban J connectivity index is 1.73. The number of carbonyl (C=O) groups is 1. The third kappa shape index (κ3) is 2.84. The van der Waals surface area contributed by atoms with Crippen LogP contribution in [-0.4, -0.2) is 30.5 Å². The van der Waals surface area contributed by atoms with Crippen LogP contribution in [0.4, 0.5) is 10.2 Å². The van der Waals surface area contributed by atoms with Crippen LogP contribution in [-0.2, 0) is 13.6 Å². The third-order valence-corrected chi connectivity index (χ3v) is 6.40. The summed E-state index contributed by atoms with van der Waals surface area (Å²) in [4.78, 5) is 17.3. The highest BCUT2D eigenvalue weighted by Crippen LogP contribution is 2.44. The third-order valence-electron chi connectivity index (χ3n) is 6.40. The average molecular weight is 459 g/mol. The number of ether oxygens (including phenoxy) is 1. The SMILES string of the molecule is CCn1nc2c3c1-c1cnc(N)c(c1)O[C@H](C)c1cc(F)ccc1-c1nn(C)cc1[C@H]3NC2=O. The number of nitrogen functional groups attached to an aromatic ring is 1. The van der Waals surface area contributed by atoms with Gasteiger partial charge in [-0.25, -0.2) is 9.37 Å². The van der Waals surface area contributed by atoms with E-state index >= 15 is 0 Å². The van der Waals surface area contributed by atoms with Crippen LogP contribution in [0, 0.1) is 5.82 Å². The zero-order valence-corrected chi connectivity index (χ0v) is 18.8. The number of aromatic nitrogens is 5. The number of fused-ring (bicyclic) bond motifs is 7. The maximum atomic E-state index is 14.4. The number of nitrogens with zero attached hydrogens (tertiary/aromatic N) is 5. The minimum Gasteiger partial charge on any atom is -0.482 e. The number of carbonyl (C=O) groups excluding carboxylic acids is 1. The molecule has 1 aromatic carbocycles. The fraction of sp³-hybridized carbons (Fsp3) is 0.250. The van der Waals surface area contributed by atoms with Crippen molar-refractivity contribution >= 4 is 11.7 Å². The van der Waals surface area contributed by atoms with E-state index in [2.05, 4.69) is 15.4 Å². The number of hydrogen-bond acceptors (Lipinski definition) is 6. The average Bonchev–Trinajstić information content (AvgIpc) is 3.47. The van der Waals surface area contributed by atoms with Crippen LogP contribution in [0.3, 0.4) is 0 Å². The van der Waals surface area contributed by atoms with Crippen LogP contribution in [0.25, 0.3) is 22.5 Å². The number of amides is 1. The van der Waals surface area contributed by atoms with Crippen molar-refractivity contribution in [1.29, 1.82) is 0 Å². The number of nitrogens with two attached hydrogens (primary N) is 1. The molecule has 3 N–H and O–H groups in total. The lowest BCUT2D eigenvalue weighted by atomic mass is 9.92. The summed E-state index contributed by atoms with van der Waals surface area (Å²) >= 11 is 0. The smallest absolute Gasteiger partial charge is 0.272 e. The van der Waals surface area contributed by atoms with Gasteiger partial charge in [-0.3, -0.25) is 14.2 Å². The molecule has 34 heavy (non-hydrogen) atoms. The first-order valence-corrected chi connectivity index (χ1v) is 11.0. The Labute approximate surface area is 194 Å². The number of hydrogen-bond donors (Lipinski definition) is 2. The number of pyridine rings is 1. The van der Waals surface area contributed by atoms with Gasteiger partial charge in [0, 0.05) is 53.8 Å². The van der Waals surface area contributed by atoms with Crippen molar-refractivity contribution in [3.05, 3.63) is 64.9 Å². The molecule has 1 amide bonds.